The minimum Gasteiger partial charge on any atom is -0.278 e. The van der Waals surface area contributed by atoms with Crippen molar-refractivity contribution in [3.63, 3.8) is 0 Å². The molecule has 1 aliphatic heterocycles. The number of likely N-dealkylation sites (tertiary alicyclic amines) is 1. The Kier molecular flexibility index (Phi) is 2.33. The van der Waals surface area contributed by atoms with Gasteiger partial charge >= 0.3 is 0 Å². The molecule has 3 nitrogen and oxygen atoms in total. The van der Waals surface area contributed by atoms with E-state index in [1.165, 1.54) is 17.0 Å². The number of carbonyl (C=O) groups is 2. The van der Waals surface area contributed by atoms with Crippen LogP contribution in [0.2, 0.25) is 0 Å². The van der Waals surface area contributed by atoms with E-state index in [-0.39, 0.29) is 36.0 Å². The molecular formula is C12H9BrFNO2. The van der Waals surface area contributed by atoms with Gasteiger partial charge in [-0.3, -0.25) is 14.5 Å². The first-order valence-corrected chi connectivity index (χ1v) is 6.16. The van der Waals surface area contributed by atoms with Gasteiger partial charge in [-0.15, -0.1) is 0 Å². The monoisotopic (exact) mass is 297 g/mol. The fourth-order valence-electron chi connectivity index (χ4n) is 2.23. The molecule has 0 radical (unpaired) electrons. The minimum atomic E-state index is -0.345. The summed E-state index contributed by atoms with van der Waals surface area (Å²) >= 11 is 3.23. The zero-order valence-corrected chi connectivity index (χ0v) is 10.4. The van der Waals surface area contributed by atoms with E-state index in [2.05, 4.69) is 15.9 Å². The number of rotatable bonds is 2. The Balaban J connectivity index is 1.83. The predicted molar refractivity (Wildman–Crippen MR) is 61.3 cm³/mol. The number of amides is 2. The van der Waals surface area contributed by atoms with Gasteiger partial charge in [0.25, 0.3) is 0 Å². The van der Waals surface area contributed by atoms with Gasteiger partial charge in [0.1, 0.15) is 5.82 Å². The zero-order valence-electron chi connectivity index (χ0n) is 8.82. The van der Waals surface area contributed by atoms with E-state index in [1.54, 1.807) is 6.07 Å². The maximum Gasteiger partial charge on any atom is 0.233 e. The van der Waals surface area contributed by atoms with Crippen LogP contribution in [-0.4, -0.2) is 16.7 Å². The molecule has 2 aliphatic rings. The van der Waals surface area contributed by atoms with Crippen LogP contribution in [0.5, 0.6) is 0 Å². The van der Waals surface area contributed by atoms with Crippen molar-refractivity contribution < 1.29 is 14.0 Å². The van der Waals surface area contributed by atoms with Gasteiger partial charge in [-0.25, -0.2) is 4.39 Å². The molecule has 0 spiro atoms. The third kappa shape index (κ3) is 1.69. The highest BCUT2D eigenvalue weighted by Gasteiger charge is 2.58. The molecule has 3 rings (SSSR count). The molecule has 1 aliphatic carbocycles. The quantitative estimate of drug-likeness (QED) is 0.784. The van der Waals surface area contributed by atoms with Crippen molar-refractivity contribution in [2.24, 2.45) is 11.8 Å². The fraction of sp³-hybridized carbons (Fsp3) is 0.333. The van der Waals surface area contributed by atoms with Crippen molar-refractivity contribution in [1.82, 2.24) is 4.90 Å². The SMILES string of the molecule is O=C1C2CC2C(=O)N1Cc1ccc(F)cc1Br. The summed E-state index contributed by atoms with van der Waals surface area (Å²) in [5, 5.41) is 0. The number of fused-ring (bicyclic) bond motifs is 1. The van der Waals surface area contributed by atoms with Crippen molar-refractivity contribution in [2.45, 2.75) is 13.0 Å². The van der Waals surface area contributed by atoms with Crippen molar-refractivity contribution in [3.8, 4) is 0 Å². The molecule has 17 heavy (non-hydrogen) atoms. The van der Waals surface area contributed by atoms with Crippen molar-refractivity contribution in [3.05, 3.63) is 34.1 Å². The Morgan fingerprint density at radius 3 is 2.53 bits per heavy atom. The molecule has 2 amide bonds. The lowest BCUT2D eigenvalue weighted by atomic mass is 10.2. The van der Waals surface area contributed by atoms with E-state index in [1.807, 2.05) is 0 Å². The molecule has 2 atom stereocenters. The second-order valence-electron chi connectivity index (χ2n) is 4.45. The van der Waals surface area contributed by atoms with Crippen molar-refractivity contribution in [2.75, 3.05) is 0 Å². The van der Waals surface area contributed by atoms with Crippen LogP contribution in [0.1, 0.15) is 12.0 Å². The smallest absolute Gasteiger partial charge is 0.233 e. The molecule has 1 aromatic carbocycles. The number of nitrogens with zero attached hydrogens (tertiary/aromatic N) is 1. The van der Waals surface area contributed by atoms with Crippen LogP contribution in [0.15, 0.2) is 22.7 Å². The van der Waals surface area contributed by atoms with Crippen LogP contribution in [0.4, 0.5) is 4.39 Å². The Morgan fingerprint density at radius 1 is 1.29 bits per heavy atom. The summed E-state index contributed by atoms with van der Waals surface area (Å²) in [6.45, 7) is 0.228. The highest BCUT2D eigenvalue weighted by molar-refractivity contribution is 9.10. The highest BCUT2D eigenvalue weighted by atomic mass is 79.9. The van der Waals surface area contributed by atoms with Crippen LogP contribution in [0.3, 0.4) is 0 Å². The zero-order chi connectivity index (χ0) is 12.2. The standard InChI is InChI=1S/C12H9BrFNO2/c13-10-3-7(14)2-1-6(10)5-15-11(16)8-4-9(8)12(15)17/h1-3,8-9H,4-5H2. The van der Waals surface area contributed by atoms with Crippen LogP contribution in [-0.2, 0) is 16.1 Å². The van der Waals surface area contributed by atoms with Crippen LogP contribution < -0.4 is 0 Å². The predicted octanol–water partition coefficient (Wildman–Crippen LogP) is 2.09. The molecule has 1 saturated carbocycles. The number of hydrogen-bond donors (Lipinski definition) is 0. The first-order valence-electron chi connectivity index (χ1n) is 5.37. The first kappa shape index (κ1) is 10.9. The summed E-state index contributed by atoms with van der Waals surface area (Å²) in [7, 11) is 0. The van der Waals surface area contributed by atoms with E-state index in [9.17, 15) is 14.0 Å². The van der Waals surface area contributed by atoms with Gasteiger partial charge in [-0.2, -0.15) is 0 Å². The van der Waals surface area contributed by atoms with Gasteiger partial charge in [-0.05, 0) is 24.1 Å². The lowest BCUT2D eigenvalue weighted by Crippen LogP contribution is -2.32. The van der Waals surface area contributed by atoms with E-state index >= 15 is 0 Å². The van der Waals surface area contributed by atoms with Gasteiger partial charge in [0.05, 0.1) is 18.4 Å². The van der Waals surface area contributed by atoms with E-state index in [0.29, 0.717) is 10.9 Å². The normalized spacial score (nSPS) is 26.4. The van der Waals surface area contributed by atoms with Gasteiger partial charge in [0.15, 0.2) is 0 Å². The topological polar surface area (TPSA) is 37.4 Å². The molecule has 0 N–H and O–H groups in total. The lowest BCUT2D eigenvalue weighted by Gasteiger charge is -2.17. The van der Waals surface area contributed by atoms with Crippen LogP contribution in [0.25, 0.3) is 0 Å². The lowest BCUT2D eigenvalue weighted by molar-refractivity contribution is -0.142. The fourth-order valence-corrected chi connectivity index (χ4v) is 2.70. The molecule has 1 aromatic rings. The van der Waals surface area contributed by atoms with Crippen molar-refractivity contribution >= 4 is 27.7 Å². The summed E-state index contributed by atoms with van der Waals surface area (Å²) in [6.07, 6.45) is 0.707. The number of piperidine rings is 1. The molecule has 2 unspecified atom stereocenters. The number of hydrogen-bond acceptors (Lipinski definition) is 2. The van der Waals surface area contributed by atoms with Crippen LogP contribution in [0, 0.1) is 17.7 Å². The molecule has 88 valence electrons. The molecule has 5 heteroatoms. The largest absolute Gasteiger partial charge is 0.278 e. The Hall–Kier alpha value is -1.23. The summed E-state index contributed by atoms with van der Waals surface area (Å²) in [5.74, 6) is -0.682. The van der Waals surface area contributed by atoms with Crippen LogP contribution >= 0.6 is 15.9 Å². The van der Waals surface area contributed by atoms with Gasteiger partial charge in [0.2, 0.25) is 11.8 Å². The molecular weight excluding hydrogens is 289 g/mol. The molecule has 0 bridgehead atoms. The Labute approximate surface area is 106 Å². The third-order valence-corrected chi connectivity index (χ3v) is 4.04. The average Bonchev–Trinajstić information content (AvgIpc) is 3.02. The Bertz CT molecular complexity index is 511. The second kappa shape index (κ2) is 3.63. The summed E-state index contributed by atoms with van der Waals surface area (Å²) < 4.78 is 13.5. The number of benzene rings is 1. The minimum absolute atomic E-state index is 0.0817. The molecule has 0 aromatic heterocycles. The molecule has 2 fully saturated rings. The molecule has 1 saturated heterocycles. The summed E-state index contributed by atoms with van der Waals surface area (Å²) in [4.78, 5) is 24.8. The van der Waals surface area contributed by atoms with Crippen molar-refractivity contribution in [1.29, 1.82) is 0 Å². The summed E-state index contributed by atoms with van der Waals surface area (Å²) in [5.41, 5.74) is 0.745. The average molecular weight is 298 g/mol. The van der Waals surface area contributed by atoms with Gasteiger partial charge < -0.3 is 0 Å². The van der Waals surface area contributed by atoms with E-state index in [0.717, 1.165) is 5.56 Å². The summed E-state index contributed by atoms with van der Waals surface area (Å²) in [6, 6.07) is 4.25. The number of carbonyl (C=O) groups excluding carboxylic acids is 2. The maximum absolute atomic E-state index is 12.9. The number of halogens is 2. The third-order valence-electron chi connectivity index (χ3n) is 3.30. The number of imide groups is 1. The second-order valence-corrected chi connectivity index (χ2v) is 5.30. The molecule has 1 heterocycles. The highest BCUT2D eigenvalue weighted by Crippen LogP contribution is 2.47. The van der Waals surface area contributed by atoms with E-state index < -0.39 is 0 Å². The van der Waals surface area contributed by atoms with Gasteiger partial charge in [0, 0.05) is 4.47 Å². The first-order chi connectivity index (χ1) is 8.08. The maximum atomic E-state index is 12.9. The van der Waals surface area contributed by atoms with Gasteiger partial charge in [-0.1, -0.05) is 22.0 Å². The Morgan fingerprint density at radius 2 is 1.94 bits per heavy atom. The van der Waals surface area contributed by atoms with E-state index in [4.69, 9.17) is 0 Å².